The minimum atomic E-state index is -0.269. The molecule has 0 radical (unpaired) electrons. The average molecular weight is 195 g/mol. The van der Waals surface area contributed by atoms with Gasteiger partial charge in [0, 0.05) is 11.7 Å². The van der Waals surface area contributed by atoms with Gasteiger partial charge >= 0.3 is 0 Å². The highest BCUT2D eigenvalue weighted by Gasteiger charge is 1.96. The molecule has 76 valence electrons. The molecule has 3 N–H and O–H groups in total. The molecule has 14 heavy (non-hydrogen) atoms. The number of aliphatic imine (C=N–C) groups is 1. The average Bonchev–Trinajstić information content (AvgIpc) is 2.07. The Morgan fingerprint density at radius 3 is 2.43 bits per heavy atom. The highest BCUT2D eigenvalue weighted by atomic mass is 19.1. The zero-order valence-electron chi connectivity index (χ0n) is 8.29. The molecule has 1 aromatic rings. The number of benzene rings is 1. The largest absolute Gasteiger partial charge is 0.370 e. The van der Waals surface area contributed by atoms with Crippen molar-refractivity contribution in [2.24, 2.45) is 10.7 Å². The highest BCUT2D eigenvalue weighted by molar-refractivity contribution is 5.92. The quantitative estimate of drug-likeness (QED) is 0.560. The Hall–Kier alpha value is -1.58. The predicted molar refractivity (Wildman–Crippen MR) is 56.8 cm³/mol. The number of halogens is 1. The van der Waals surface area contributed by atoms with Crippen molar-refractivity contribution >= 4 is 11.6 Å². The molecule has 1 aromatic carbocycles. The fraction of sp³-hybridized carbons (Fsp3) is 0.300. The summed E-state index contributed by atoms with van der Waals surface area (Å²) in [6, 6.07) is 6.09. The van der Waals surface area contributed by atoms with Crippen LogP contribution >= 0.6 is 0 Å². The standard InChI is InChI=1S/C10H14FN3/c1-7(2)13-10(12)14-9-5-3-8(11)4-6-9/h3-7H,1-2H3,(H3,12,13,14). The van der Waals surface area contributed by atoms with Crippen LogP contribution in [-0.2, 0) is 0 Å². The number of anilines is 1. The van der Waals surface area contributed by atoms with Crippen molar-refractivity contribution in [1.29, 1.82) is 0 Å². The summed E-state index contributed by atoms with van der Waals surface area (Å²) in [5.74, 6) is 0.0709. The molecule has 0 aliphatic heterocycles. The molecule has 0 heterocycles. The normalized spacial score (nSPS) is 11.9. The Bertz CT molecular complexity index is 317. The molecule has 1 rings (SSSR count). The maximum Gasteiger partial charge on any atom is 0.193 e. The lowest BCUT2D eigenvalue weighted by atomic mass is 10.3. The van der Waals surface area contributed by atoms with Gasteiger partial charge in [0.15, 0.2) is 5.96 Å². The van der Waals surface area contributed by atoms with Crippen molar-refractivity contribution in [3.05, 3.63) is 30.1 Å². The Morgan fingerprint density at radius 2 is 1.93 bits per heavy atom. The number of nitrogens with two attached hydrogens (primary N) is 1. The Kier molecular flexibility index (Phi) is 3.45. The summed E-state index contributed by atoms with van der Waals surface area (Å²) in [5, 5.41) is 2.86. The summed E-state index contributed by atoms with van der Waals surface area (Å²) in [4.78, 5) is 4.08. The van der Waals surface area contributed by atoms with Gasteiger partial charge in [-0.3, -0.25) is 4.99 Å². The van der Waals surface area contributed by atoms with E-state index in [-0.39, 0.29) is 11.9 Å². The van der Waals surface area contributed by atoms with Gasteiger partial charge in [-0.25, -0.2) is 4.39 Å². The lowest BCUT2D eigenvalue weighted by Crippen LogP contribution is -2.23. The van der Waals surface area contributed by atoms with E-state index in [0.717, 1.165) is 5.69 Å². The monoisotopic (exact) mass is 195 g/mol. The molecule has 4 heteroatoms. The third-order valence-corrected chi connectivity index (χ3v) is 1.51. The van der Waals surface area contributed by atoms with Crippen molar-refractivity contribution in [1.82, 2.24) is 0 Å². The second-order valence-corrected chi connectivity index (χ2v) is 3.24. The number of hydrogen-bond donors (Lipinski definition) is 2. The molecule has 3 nitrogen and oxygen atoms in total. The maximum absolute atomic E-state index is 12.5. The van der Waals surface area contributed by atoms with Crippen LogP contribution in [0, 0.1) is 5.82 Å². The summed E-state index contributed by atoms with van der Waals surface area (Å²) in [6.45, 7) is 3.86. The van der Waals surface area contributed by atoms with Gasteiger partial charge in [-0.2, -0.15) is 0 Å². The lowest BCUT2D eigenvalue weighted by Gasteiger charge is -2.06. The first-order valence-corrected chi connectivity index (χ1v) is 4.44. The molecule has 0 aliphatic rings. The van der Waals surface area contributed by atoms with Gasteiger partial charge in [0.25, 0.3) is 0 Å². The van der Waals surface area contributed by atoms with Crippen molar-refractivity contribution in [3.63, 3.8) is 0 Å². The molecule has 0 bridgehead atoms. The van der Waals surface area contributed by atoms with Gasteiger partial charge in [0.1, 0.15) is 5.82 Å². The van der Waals surface area contributed by atoms with E-state index in [1.54, 1.807) is 12.1 Å². The topological polar surface area (TPSA) is 50.4 Å². The summed E-state index contributed by atoms with van der Waals surface area (Å²) in [5.41, 5.74) is 6.32. The summed E-state index contributed by atoms with van der Waals surface area (Å²) >= 11 is 0. The fourth-order valence-corrected chi connectivity index (χ4v) is 0.992. The Labute approximate surface area is 82.8 Å². The second-order valence-electron chi connectivity index (χ2n) is 3.24. The van der Waals surface area contributed by atoms with E-state index in [1.807, 2.05) is 13.8 Å². The fourth-order valence-electron chi connectivity index (χ4n) is 0.992. The van der Waals surface area contributed by atoms with Crippen LogP contribution in [0.1, 0.15) is 13.8 Å². The van der Waals surface area contributed by atoms with Crippen LogP contribution in [0.5, 0.6) is 0 Å². The van der Waals surface area contributed by atoms with Gasteiger partial charge in [-0.15, -0.1) is 0 Å². The number of rotatable bonds is 2. The number of nitrogens with one attached hydrogen (secondary N) is 1. The van der Waals surface area contributed by atoms with Crippen LogP contribution < -0.4 is 11.1 Å². The minimum absolute atomic E-state index is 0.142. The first kappa shape index (κ1) is 10.5. The summed E-state index contributed by atoms with van der Waals surface area (Å²) < 4.78 is 12.5. The molecular weight excluding hydrogens is 181 g/mol. The van der Waals surface area contributed by atoms with Gasteiger partial charge < -0.3 is 11.1 Å². The minimum Gasteiger partial charge on any atom is -0.370 e. The van der Waals surface area contributed by atoms with Gasteiger partial charge in [-0.05, 0) is 38.1 Å². The number of guanidine groups is 1. The van der Waals surface area contributed by atoms with E-state index in [0.29, 0.717) is 5.96 Å². The third kappa shape index (κ3) is 3.43. The second kappa shape index (κ2) is 4.60. The van der Waals surface area contributed by atoms with Crippen molar-refractivity contribution in [2.45, 2.75) is 19.9 Å². The van der Waals surface area contributed by atoms with Crippen LogP contribution in [-0.4, -0.2) is 12.0 Å². The first-order valence-electron chi connectivity index (χ1n) is 4.44. The van der Waals surface area contributed by atoms with E-state index in [4.69, 9.17) is 5.73 Å². The summed E-state index contributed by atoms with van der Waals surface area (Å²) in [7, 11) is 0. The third-order valence-electron chi connectivity index (χ3n) is 1.51. The Balaban J connectivity index is 2.65. The van der Waals surface area contributed by atoms with Gasteiger partial charge in [0.05, 0.1) is 0 Å². The smallest absolute Gasteiger partial charge is 0.193 e. The van der Waals surface area contributed by atoms with Crippen LogP contribution in [0.3, 0.4) is 0 Å². The molecular formula is C10H14FN3. The molecule has 0 unspecified atom stereocenters. The van der Waals surface area contributed by atoms with Crippen LogP contribution in [0.15, 0.2) is 29.3 Å². The van der Waals surface area contributed by atoms with E-state index < -0.39 is 0 Å². The predicted octanol–water partition coefficient (Wildman–Crippen LogP) is 1.96. The van der Waals surface area contributed by atoms with Gasteiger partial charge in [-0.1, -0.05) is 0 Å². The molecule has 0 aromatic heterocycles. The molecule has 0 spiro atoms. The lowest BCUT2D eigenvalue weighted by molar-refractivity contribution is 0.628. The zero-order chi connectivity index (χ0) is 10.6. The van der Waals surface area contributed by atoms with E-state index in [1.165, 1.54) is 12.1 Å². The first-order chi connectivity index (χ1) is 6.58. The highest BCUT2D eigenvalue weighted by Crippen LogP contribution is 2.07. The zero-order valence-corrected chi connectivity index (χ0v) is 8.29. The number of hydrogen-bond acceptors (Lipinski definition) is 1. The van der Waals surface area contributed by atoms with Crippen LogP contribution in [0.25, 0.3) is 0 Å². The molecule has 0 atom stereocenters. The summed E-state index contributed by atoms with van der Waals surface area (Å²) in [6.07, 6.45) is 0. The van der Waals surface area contributed by atoms with Crippen molar-refractivity contribution in [3.8, 4) is 0 Å². The van der Waals surface area contributed by atoms with Crippen LogP contribution in [0.2, 0.25) is 0 Å². The molecule has 0 saturated heterocycles. The van der Waals surface area contributed by atoms with E-state index in [9.17, 15) is 4.39 Å². The van der Waals surface area contributed by atoms with Gasteiger partial charge in [0.2, 0.25) is 0 Å². The maximum atomic E-state index is 12.5. The molecule has 0 saturated carbocycles. The SMILES string of the molecule is CC(C)N=C(N)Nc1ccc(F)cc1. The molecule has 0 fully saturated rings. The van der Waals surface area contributed by atoms with E-state index >= 15 is 0 Å². The molecule has 0 aliphatic carbocycles. The van der Waals surface area contributed by atoms with Crippen LogP contribution in [0.4, 0.5) is 10.1 Å². The molecule has 0 amide bonds. The number of nitrogens with zero attached hydrogens (tertiary/aromatic N) is 1. The Morgan fingerprint density at radius 1 is 1.36 bits per heavy atom. The van der Waals surface area contributed by atoms with E-state index in [2.05, 4.69) is 10.3 Å². The van der Waals surface area contributed by atoms with Crippen molar-refractivity contribution in [2.75, 3.05) is 5.32 Å². The van der Waals surface area contributed by atoms with Crippen molar-refractivity contribution < 1.29 is 4.39 Å².